The van der Waals surface area contributed by atoms with Gasteiger partial charge in [-0.25, -0.2) is 0 Å². The highest BCUT2D eigenvalue weighted by atomic mass is 35.5. The Morgan fingerprint density at radius 3 is 2.37 bits per heavy atom. The molecule has 5 nitrogen and oxygen atoms in total. The number of hydrogen-bond acceptors (Lipinski definition) is 3. The summed E-state index contributed by atoms with van der Waals surface area (Å²) < 4.78 is 6.03. The van der Waals surface area contributed by atoms with Gasteiger partial charge in [0.2, 0.25) is 5.91 Å². The topological polar surface area (TPSA) is 58.6 Å². The molecule has 3 rings (SSSR count). The molecule has 7 heteroatoms. The van der Waals surface area contributed by atoms with Crippen LogP contribution in [0.3, 0.4) is 0 Å². The van der Waals surface area contributed by atoms with Crippen molar-refractivity contribution in [3.8, 4) is 5.75 Å². The minimum Gasteiger partial charge on any atom is -0.483 e. The normalized spacial score (nSPS) is 12.5. The summed E-state index contributed by atoms with van der Waals surface area (Å²) >= 11 is 12.6. The molecule has 2 unspecified atom stereocenters. The van der Waals surface area contributed by atoms with E-state index in [9.17, 15) is 9.59 Å². The van der Waals surface area contributed by atoms with Crippen molar-refractivity contribution < 1.29 is 14.3 Å². The van der Waals surface area contributed by atoms with Gasteiger partial charge in [0.15, 0.2) is 6.61 Å². The van der Waals surface area contributed by atoms with Gasteiger partial charge in [0, 0.05) is 29.1 Å². The molecule has 0 aliphatic carbocycles. The van der Waals surface area contributed by atoms with Gasteiger partial charge in [-0.1, -0.05) is 72.6 Å². The summed E-state index contributed by atoms with van der Waals surface area (Å²) in [5.41, 5.74) is 4.76. The third kappa shape index (κ3) is 7.99. The first-order chi connectivity index (χ1) is 18.1. The van der Waals surface area contributed by atoms with Crippen LogP contribution >= 0.6 is 23.2 Å². The number of aryl methyl sites for hydroxylation is 2. The Hall–Kier alpha value is -3.02. The zero-order chi connectivity index (χ0) is 27.8. The van der Waals surface area contributed by atoms with E-state index in [-0.39, 0.29) is 31.0 Å². The summed E-state index contributed by atoms with van der Waals surface area (Å²) in [6.45, 7) is 9.86. The first-order valence-electron chi connectivity index (χ1n) is 12.9. The number of rotatable bonds is 11. The molecule has 3 aromatic carbocycles. The number of amides is 2. The second kappa shape index (κ2) is 13.7. The summed E-state index contributed by atoms with van der Waals surface area (Å²) in [6.07, 6.45) is 1.12. The number of carbonyl (C=O) groups excluding carboxylic acids is 2. The fourth-order valence-corrected chi connectivity index (χ4v) is 4.67. The monoisotopic (exact) mass is 554 g/mol. The Balaban J connectivity index is 1.98. The average Bonchev–Trinajstić information content (AvgIpc) is 2.88. The minimum atomic E-state index is -0.769. The lowest BCUT2D eigenvalue weighted by molar-refractivity contribution is -0.143. The van der Waals surface area contributed by atoms with Crippen molar-refractivity contribution in [1.29, 1.82) is 0 Å². The SMILES string of the molecule is CCC(C)NC(=O)C(Cc1ccccc1)N(Cc1ccc(Cl)cc1Cl)C(=O)COc1cc(C)cc(C)c1C. The van der Waals surface area contributed by atoms with Crippen LogP contribution in [0.1, 0.15) is 48.1 Å². The number of hydrogen-bond donors (Lipinski definition) is 1. The zero-order valence-corrected chi connectivity index (χ0v) is 24.2. The van der Waals surface area contributed by atoms with E-state index in [1.807, 2.05) is 71.0 Å². The van der Waals surface area contributed by atoms with Gasteiger partial charge in [-0.3, -0.25) is 9.59 Å². The zero-order valence-electron chi connectivity index (χ0n) is 22.7. The van der Waals surface area contributed by atoms with E-state index in [4.69, 9.17) is 27.9 Å². The predicted octanol–water partition coefficient (Wildman–Crippen LogP) is 6.85. The fourth-order valence-electron chi connectivity index (χ4n) is 4.20. The molecular formula is C31H36Cl2N2O3. The van der Waals surface area contributed by atoms with Crippen LogP contribution in [0.5, 0.6) is 5.75 Å². The van der Waals surface area contributed by atoms with Gasteiger partial charge in [0.1, 0.15) is 11.8 Å². The van der Waals surface area contributed by atoms with Crippen molar-refractivity contribution in [3.05, 3.63) is 98.5 Å². The van der Waals surface area contributed by atoms with Crippen LogP contribution in [-0.2, 0) is 22.6 Å². The minimum absolute atomic E-state index is 0.0361. The van der Waals surface area contributed by atoms with E-state index in [0.29, 0.717) is 27.8 Å². The second-order valence-electron chi connectivity index (χ2n) is 9.77. The summed E-state index contributed by atoms with van der Waals surface area (Å²) in [4.78, 5) is 29.0. The summed E-state index contributed by atoms with van der Waals surface area (Å²) in [6, 6.07) is 18.0. The van der Waals surface area contributed by atoms with Crippen LogP contribution in [0.15, 0.2) is 60.7 Å². The van der Waals surface area contributed by atoms with Gasteiger partial charge in [-0.15, -0.1) is 0 Å². The van der Waals surface area contributed by atoms with Crippen LogP contribution in [-0.4, -0.2) is 35.4 Å². The largest absolute Gasteiger partial charge is 0.483 e. The second-order valence-corrected chi connectivity index (χ2v) is 10.6. The van der Waals surface area contributed by atoms with Crippen LogP contribution in [0.2, 0.25) is 10.0 Å². The maximum absolute atomic E-state index is 13.8. The maximum atomic E-state index is 13.8. The Morgan fingerprint density at radius 1 is 1.00 bits per heavy atom. The molecule has 2 atom stereocenters. The maximum Gasteiger partial charge on any atom is 0.261 e. The lowest BCUT2D eigenvalue weighted by atomic mass is 10.0. The van der Waals surface area contributed by atoms with Crippen molar-refractivity contribution in [3.63, 3.8) is 0 Å². The van der Waals surface area contributed by atoms with Crippen LogP contribution in [0.25, 0.3) is 0 Å². The Bertz CT molecular complexity index is 1260. The highest BCUT2D eigenvalue weighted by Gasteiger charge is 2.31. The molecule has 0 spiro atoms. The molecule has 0 aromatic heterocycles. The predicted molar refractivity (Wildman–Crippen MR) is 155 cm³/mol. The van der Waals surface area contributed by atoms with E-state index in [0.717, 1.165) is 28.7 Å². The third-order valence-electron chi connectivity index (χ3n) is 6.74. The summed E-state index contributed by atoms with van der Waals surface area (Å²) in [5.74, 6) is 0.128. The van der Waals surface area contributed by atoms with E-state index in [1.165, 1.54) is 0 Å². The van der Waals surface area contributed by atoms with Crippen molar-refractivity contribution in [1.82, 2.24) is 10.2 Å². The standard InChI is InChI=1S/C31H36Cl2N2O3/c1-6-22(4)34-31(37)28(16-24-10-8-7-9-11-24)35(18-25-12-13-26(32)17-27(25)33)30(36)19-38-29-15-20(2)14-21(3)23(29)5/h7-15,17,22,28H,6,16,18-19H2,1-5H3,(H,34,37). The van der Waals surface area contributed by atoms with Crippen LogP contribution < -0.4 is 10.1 Å². The van der Waals surface area contributed by atoms with E-state index in [2.05, 4.69) is 11.4 Å². The highest BCUT2D eigenvalue weighted by Crippen LogP contribution is 2.26. The number of halogens is 2. The smallest absolute Gasteiger partial charge is 0.261 e. The number of nitrogens with one attached hydrogen (secondary N) is 1. The first kappa shape index (κ1) is 29.5. The Kier molecular flexibility index (Phi) is 10.6. The quantitative estimate of drug-likeness (QED) is 0.282. The van der Waals surface area contributed by atoms with Crippen molar-refractivity contribution in [2.75, 3.05) is 6.61 Å². The van der Waals surface area contributed by atoms with Gasteiger partial charge in [-0.05, 0) is 80.1 Å². The van der Waals surface area contributed by atoms with Gasteiger partial charge in [0.25, 0.3) is 5.91 Å². The first-order valence-corrected chi connectivity index (χ1v) is 13.6. The molecular weight excluding hydrogens is 519 g/mol. The Morgan fingerprint density at radius 2 is 1.71 bits per heavy atom. The molecule has 0 fully saturated rings. The van der Waals surface area contributed by atoms with Crippen molar-refractivity contribution in [2.45, 2.75) is 66.1 Å². The molecule has 0 aliphatic heterocycles. The molecule has 0 radical (unpaired) electrons. The molecule has 2 amide bonds. The van der Waals surface area contributed by atoms with Crippen LogP contribution in [0, 0.1) is 20.8 Å². The molecule has 0 bridgehead atoms. The third-order valence-corrected chi connectivity index (χ3v) is 7.33. The molecule has 0 heterocycles. The summed E-state index contributed by atoms with van der Waals surface area (Å²) in [5, 5.41) is 4.00. The average molecular weight is 556 g/mol. The van der Waals surface area contributed by atoms with E-state index >= 15 is 0 Å². The van der Waals surface area contributed by atoms with E-state index in [1.54, 1.807) is 23.1 Å². The van der Waals surface area contributed by atoms with Gasteiger partial charge in [-0.2, -0.15) is 0 Å². The molecule has 38 heavy (non-hydrogen) atoms. The lowest BCUT2D eigenvalue weighted by Gasteiger charge is -2.32. The molecule has 0 aliphatic rings. The molecule has 0 saturated heterocycles. The highest BCUT2D eigenvalue weighted by molar-refractivity contribution is 6.35. The molecule has 202 valence electrons. The molecule has 3 aromatic rings. The lowest BCUT2D eigenvalue weighted by Crippen LogP contribution is -2.53. The van der Waals surface area contributed by atoms with E-state index < -0.39 is 6.04 Å². The molecule has 0 saturated carbocycles. The van der Waals surface area contributed by atoms with Crippen molar-refractivity contribution >= 4 is 35.0 Å². The van der Waals surface area contributed by atoms with Gasteiger partial charge >= 0.3 is 0 Å². The van der Waals surface area contributed by atoms with Crippen LogP contribution in [0.4, 0.5) is 0 Å². The Labute approximate surface area is 236 Å². The molecule has 1 N–H and O–H groups in total. The summed E-state index contributed by atoms with van der Waals surface area (Å²) in [7, 11) is 0. The number of carbonyl (C=O) groups is 2. The number of ether oxygens (including phenoxy) is 1. The van der Waals surface area contributed by atoms with Gasteiger partial charge in [0.05, 0.1) is 0 Å². The van der Waals surface area contributed by atoms with Gasteiger partial charge < -0.3 is 15.0 Å². The fraction of sp³-hybridized carbons (Fsp3) is 0.355. The number of nitrogens with zero attached hydrogens (tertiary/aromatic N) is 1. The number of benzene rings is 3. The van der Waals surface area contributed by atoms with Crippen molar-refractivity contribution in [2.24, 2.45) is 0 Å².